The van der Waals surface area contributed by atoms with Crippen LogP contribution in [0.25, 0.3) is 33.4 Å². The zero-order chi connectivity index (χ0) is 26.0. The highest BCUT2D eigenvalue weighted by molar-refractivity contribution is 5.99. The normalized spacial score (nSPS) is 11.5. The number of nitrogen functional groups attached to an aromatic ring is 2. The summed E-state index contributed by atoms with van der Waals surface area (Å²) >= 11 is 0. The molecule has 1 amide bonds. The molecule has 198 valence electrons. The van der Waals surface area contributed by atoms with Crippen molar-refractivity contribution in [2.24, 2.45) is 0 Å². The fourth-order valence-corrected chi connectivity index (χ4v) is 3.84. The summed E-state index contributed by atoms with van der Waals surface area (Å²) in [5.74, 6) is 0.317. The van der Waals surface area contributed by atoms with Gasteiger partial charge in [-0.15, -0.1) is 0 Å². The summed E-state index contributed by atoms with van der Waals surface area (Å²) in [4.78, 5) is 24.8. The van der Waals surface area contributed by atoms with Crippen LogP contribution in [0, 0.1) is 0 Å². The Morgan fingerprint density at radius 1 is 1.08 bits per heavy atom. The second-order valence-electron chi connectivity index (χ2n) is 8.40. The Morgan fingerprint density at radius 2 is 1.92 bits per heavy atom. The highest BCUT2D eigenvalue weighted by atomic mass is 16.5. The number of aromatic nitrogens is 5. The first kappa shape index (κ1) is 26.3. The number of rotatable bonds is 15. The van der Waals surface area contributed by atoms with Gasteiger partial charge in [-0.2, -0.15) is 10.1 Å². The fourth-order valence-electron chi connectivity index (χ4n) is 3.84. The van der Waals surface area contributed by atoms with Crippen molar-refractivity contribution in [3.05, 3.63) is 24.5 Å². The largest absolute Gasteiger partial charge is 0.424 e. The van der Waals surface area contributed by atoms with Crippen molar-refractivity contribution in [2.75, 3.05) is 58.0 Å². The Kier molecular flexibility index (Phi) is 9.18. The molecule has 0 atom stereocenters. The molecule has 0 aliphatic carbocycles. The molecule has 13 heteroatoms. The first-order valence-corrected chi connectivity index (χ1v) is 12.3. The van der Waals surface area contributed by atoms with E-state index in [1.807, 2.05) is 23.9 Å². The molecule has 4 aromatic rings. The van der Waals surface area contributed by atoms with E-state index in [9.17, 15) is 4.79 Å². The number of anilines is 2. The molecule has 37 heavy (non-hydrogen) atoms. The van der Waals surface area contributed by atoms with Gasteiger partial charge in [-0.3, -0.25) is 4.79 Å². The highest BCUT2D eigenvalue weighted by Gasteiger charge is 2.18. The van der Waals surface area contributed by atoms with Gasteiger partial charge in [0.1, 0.15) is 23.4 Å². The van der Waals surface area contributed by atoms with Crippen LogP contribution in [0.5, 0.6) is 0 Å². The Balaban J connectivity index is 1.26. The van der Waals surface area contributed by atoms with Crippen LogP contribution in [0.4, 0.5) is 11.8 Å². The molecule has 3 heterocycles. The number of nitrogens with one attached hydrogen (secondary N) is 2. The second kappa shape index (κ2) is 12.9. The molecule has 0 aliphatic rings. The summed E-state index contributed by atoms with van der Waals surface area (Å²) in [5, 5.41) is 11.4. The van der Waals surface area contributed by atoms with E-state index in [1.54, 1.807) is 6.07 Å². The maximum Gasteiger partial charge on any atom is 0.292 e. The number of benzene rings is 1. The number of ether oxygens (including phenoxy) is 2. The maximum absolute atomic E-state index is 12.0. The Labute approximate surface area is 213 Å². The van der Waals surface area contributed by atoms with Crippen LogP contribution in [0.15, 0.2) is 28.9 Å². The minimum atomic E-state index is -0.0349. The number of hydrogen-bond donors (Lipinski definition) is 4. The monoisotopic (exact) mass is 511 g/mol. The van der Waals surface area contributed by atoms with E-state index in [4.69, 9.17) is 30.5 Å². The predicted molar refractivity (Wildman–Crippen MR) is 140 cm³/mol. The summed E-state index contributed by atoms with van der Waals surface area (Å²) < 4.78 is 18.0. The summed E-state index contributed by atoms with van der Waals surface area (Å²) in [6, 6.07) is 5.63. The molecule has 0 spiro atoms. The average molecular weight is 512 g/mol. The maximum atomic E-state index is 12.0. The van der Waals surface area contributed by atoms with Gasteiger partial charge < -0.3 is 36.0 Å². The number of nitrogens with two attached hydrogens (primary N) is 2. The predicted octanol–water partition coefficient (Wildman–Crippen LogP) is 1.34. The lowest BCUT2D eigenvalue weighted by molar-refractivity contribution is -0.122. The quantitative estimate of drug-likeness (QED) is 0.169. The molecule has 0 aliphatic heterocycles. The van der Waals surface area contributed by atoms with Crippen LogP contribution < -0.4 is 22.1 Å². The molecule has 0 unspecified atom stereocenters. The molecular weight excluding hydrogens is 478 g/mol. The number of oxazole rings is 1. The summed E-state index contributed by atoms with van der Waals surface area (Å²) in [7, 11) is 1.87. The summed E-state index contributed by atoms with van der Waals surface area (Å²) in [5.41, 5.74) is 15.2. The van der Waals surface area contributed by atoms with Gasteiger partial charge in [-0.1, -0.05) is 0 Å². The van der Waals surface area contributed by atoms with Gasteiger partial charge in [-0.25, -0.2) is 14.6 Å². The molecule has 0 radical (unpaired) electrons. The third-order valence-corrected chi connectivity index (χ3v) is 5.70. The van der Waals surface area contributed by atoms with E-state index in [0.29, 0.717) is 79.6 Å². The zero-order valence-corrected chi connectivity index (χ0v) is 20.9. The molecule has 6 N–H and O–H groups in total. The molecule has 0 saturated heterocycles. The van der Waals surface area contributed by atoms with Crippen molar-refractivity contribution >= 4 is 39.9 Å². The number of carbonyl (C=O) groups is 1. The topological polar surface area (TPSA) is 181 Å². The van der Waals surface area contributed by atoms with Gasteiger partial charge in [0, 0.05) is 31.6 Å². The molecular formula is C24H33N9O4. The number of nitrogens with zero attached hydrogens (tertiary/aromatic N) is 5. The number of aryl methyl sites for hydroxylation is 1. The first-order chi connectivity index (χ1) is 18.1. The van der Waals surface area contributed by atoms with Crippen molar-refractivity contribution in [2.45, 2.75) is 25.8 Å². The molecule has 0 bridgehead atoms. The zero-order valence-electron chi connectivity index (χ0n) is 20.9. The van der Waals surface area contributed by atoms with Gasteiger partial charge in [0.2, 0.25) is 5.91 Å². The molecule has 0 fully saturated rings. The number of amides is 1. The van der Waals surface area contributed by atoms with Crippen LogP contribution in [-0.4, -0.2) is 77.2 Å². The number of unbranched alkanes of at least 4 members (excludes halogenated alkanes) is 1. The Morgan fingerprint density at radius 3 is 2.76 bits per heavy atom. The second-order valence-corrected chi connectivity index (χ2v) is 8.40. The molecule has 4 rings (SSSR count). The molecule has 1 aromatic carbocycles. The molecule has 0 saturated carbocycles. The minimum Gasteiger partial charge on any atom is -0.424 e. The van der Waals surface area contributed by atoms with Crippen molar-refractivity contribution in [3.8, 4) is 11.3 Å². The lowest BCUT2D eigenvalue weighted by atomic mass is 10.1. The SMILES string of the molecule is CNCCOCCOCCC(=O)NCCCCn1nc(-c2ccc3oc(N)nc3c2)c2c(N)ncnc21. The molecule has 13 nitrogen and oxygen atoms in total. The van der Waals surface area contributed by atoms with E-state index in [0.717, 1.165) is 24.9 Å². The minimum absolute atomic E-state index is 0.0349. The van der Waals surface area contributed by atoms with E-state index in [2.05, 4.69) is 25.6 Å². The van der Waals surface area contributed by atoms with Crippen LogP contribution in [0.1, 0.15) is 19.3 Å². The fraction of sp³-hybridized carbons (Fsp3) is 0.458. The van der Waals surface area contributed by atoms with Gasteiger partial charge in [0.05, 0.1) is 31.8 Å². The van der Waals surface area contributed by atoms with Crippen molar-refractivity contribution in [3.63, 3.8) is 0 Å². The lowest BCUT2D eigenvalue weighted by Gasteiger charge is -2.07. The van der Waals surface area contributed by atoms with Gasteiger partial charge >= 0.3 is 0 Å². The standard InChI is InChI=1S/C24H33N9O4/c1-27-8-11-36-13-12-35-10-6-19(34)28-7-2-3-9-33-23-20(22(25)29-15-30-23)21(32-33)16-4-5-18-17(14-16)31-24(26)37-18/h4-5,14-15,27H,2-3,6-13H2,1H3,(H2,26,31)(H,28,34)(H2,25,29,30). The Bertz CT molecular complexity index is 1320. The van der Waals surface area contributed by atoms with Crippen molar-refractivity contribution in [1.29, 1.82) is 0 Å². The third-order valence-electron chi connectivity index (χ3n) is 5.70. The number of hydrogen-bond acceptors (Lipinski definition) is 11. The van der Waals surface area contributed by atoms with E-state index < -0.39 is 0 Å². The lowest BCUT2D eigenvalue weighted by Crippen LogP contribution is -2.26. The summed E-state index contributed by atoms with van der Waals surface area (Å²) in [6.45, 7) is 4.00. The number of carbonyl (C=O) groups excluding carboxylic acids is 1. The van der Waals surface area contributed by atoms with Gasteiger partial charge in [0.25, 0.3) is 6.01 Å². The molecule has 3 aromatic heterocycles. The van der Waals surface area contributed by atoms with Gasteiger partial charge in [0.15, 0.2) is 11.2 Å². The average Bonchev–Trinajstić information content (AvgIpc) is 3.45. The van der Waals surface area contributed by atoms with Gasteiger partial charge in [-0.05, 0) is 38.1 Å². The summed E-state index contributed by atoms with van der Waals surface area (Å²) in [6.07, 6.45) is 3.33. The third kappa shape index (κ3) is 6.90. The highest BCUT2D eigenvalue weighted by Crippen LogP contribution is 2.32. The number of likely N-dealkylation sites (N-methyl/N-ethyl adjacent to an activating group) is 1. The van der Waals surface area contributed by atoms with Crippen LogP contribution >= 0.6 is 0 Å². The number of fused-ring (bicyclic) bond motifs is 2. The van der Waals surface area contributed by atoms with Crippen LogP contribution in [-0.2, 0) is 20.8 Å². The van der Waals surface area contributed by atoms with E-state index in [-0.39, 0.29) is 11.9 Å². The van der Waals surface area contributed by atoms with Crippen molar-refractivity contribution in [1.82, 2.24) is 35.4 Å². The smallest absolute Gasteiger partial charge is 0.292 e. The Hall–Kier alpha value is -3.81. The van der Waals surface area contributed by atoms with E-state index >= 15 is 0 Å². The van der Waals surface area contributed by atoms with Crippen LogP contribution in [0.2, 0.25) is 0 Å². The van der Waals surface area contributed by atoms with Crippen LogP contribution in [0.3, 0.4) is 0 Å². The first-order valence-electron chi connectivity index (χ1n) is 12.3. The van der Waals surface area contributed by atoms with Crippen molar-refractivity contribution < 1.29 is 18.7 Å². The van der Waals surface area contributed by atoms with E-state index in [1.165, 1.54) is 6.33 Å².